The summed E-state index contributed by atoms with van der Waals surface area (Å²) in [7, 11) is 0. The predicted molar refractivity (Wildman–Crippen MR) is 127 cm³/mol. The number of aromatic hydroxyl groups is 1. The number of fused-ring (bicyclic) bond motifs is 2. The van der Waals surface area contributed by atoms with Crippen LogP contribution in [0, 0.1) is 17.3 Å². The van der Waals surface area contributed by atoms with Gasteiger partial charge in [-0.2, -0.15) is 0 Å². The third kappa shape index (κ3) is 2.80. The molecule has 1 aliphatic heterocycles. The van der Waals surface area contributed by atoms with Crippen LogP contribution in [-0.2, 0) is 6.42 Å². The number of aliphatic hydroxyl groups is 2. The molecule has 7 nitrogen and oxygen atoms in total. The Labute approximate surface area is 197 Å². The minimum atomic E-state index is -1.49. The van der Waals surface area contributed by atoms with Crippen LogP contribution >= 0.6 is 0 Å². The minimum absolute atomic E-state index is 0.0592. The van der Waals surface area contributed by atoms with Gasteiger partial charge in [0.2, 0.25) is 0 Å². The number of aliphatic hydroxyl groups excluding tert-OH is 1. The van der Waals surface area contributed by atoms with Crippen LogP contribution < -0.4 is 10.1 Å². The highest BCUT2D eigenvalue weighted by atomic mass is 16.5. The molecular formula is C27H30N2O5. The number of nitrogens with one attached hydrogen (secondary N) is 2. The maximum atomic E-state index is 12.9. The number of rotatable bonds is 4. The van der Waals surface area contributed by atoms with E-state index >= 15 is 0 Å². The maximum Gasteiger partial charge on any atom is 0.255 e. The number of ether oxygens (including phenoxy) is 1. The fraction of sp³-hybridized carbons (Fsp3) is 0.444. The van der Waals surface area contributed by atoms with Crippen LogP contribution in [0.4, 0.5) is 0 Å². The number of carbonyl (C=O) groups is 1. The normalized spacial score (nSPS) is 30.6. The van der Waals surface area contributed by atoms with Crippen molar-refractivity contribution in [2.45, 2.75) is 50.9 Å². The molecule has 0 unspecified atom stereocenters. The number of H-pyrrole nitrogens is 1. The lowest BCUT2D eigenvalue weighted by atomic mass is 9.42. The zero-order valence-electron chi connectivity index (χ0n) is 19.3. The van der Waals surface area contributed by atoms with Crippen LogP contribution in [0.2, 0.25) is 0 Å². The van der Waals surface area contributed by atoms with Crippen molar-refractivity contribution in [2.75, 3.05) is 6.54 Å². The molecule has 3 saturated carbocycles. The van der Waals surface area contributed by atoms with Gasteiger partial charge in [0, 0.05) is 23.6 Å². The average molecular weight is 463 g/mol. The highest BCUT2D eigenvalue weighted by molar-refractivity contribution is 5.97. The van der Waals surface area contributed by atoms with Gasteiger partial charge >= 0.3 is 0 Å². The molecule has 0 spiro atoms. The third-order valence-corrected chi connectivity index (χ3v) is 8.80. The average Bonchev–Trinajstić information content (AvgIpc) is 3.22. The van der Waals surface area contributed by atoms with Crippen molar-refractivity contribution < 1.29 is 24.9 Å². The number of phenolic OH excluding ortho intramolecular Hbond substituents is 1. The first kappa shape index (κ1) is 21.5. The molecule has 2 aromatic carbocycles. The molecule has 3 aromatic rings. The van der Waals surface area contributed by atoms with Gasteiger partial charge in [-0.05, 0) is 60.3 Å². The lowest BCUT2D eigenvalue weighted by molar-refractivity contribution is -0.289. The zero-order valence-corrected chi connectivity index (χ0v) is 19.3. The van der Waals surface area contributed by atoms with Crippen molar-refractivity contribution in [3.63, 3.8) is 0 Å². The second-order valence-corrected chi connectivity index (χ2v) is 10.7. The smallest absolute Gasteiger partial charge is 0.255 e. The Balaban J connectivity index is 1.23. The highest BCUT2D eigenvalue weighted by Gasteiger charge is 2.70. The SMILES string of the molecule is CC1(C)[C@@H]2C[C@H]1[C@@]1(O)[C@@H](C2)Oc2ccc(C(=O)NCCc3c[nH]c4ccccc34)c(O)c2[C@@H]1O. The quantitative estimate of drug-likeness (QED) is 0.408. The van der Waals surface area contributed by atoms with E-state index in [0.29, 0.717) is 31.1 Å². The molecule has 34 heavy (non-hydrogen) atoms. The number of amides is 1. The summed E-state index contributed by atoms with van der Waals surface area (Å²) in [6.45, 7) is 4.61. The third-order valence-electron chi connectivity index (χ3n) is 8.80. The number of para-hydroxylation sites is 1. The molecule has 2 heterocycles. The summed E-state index contributed by atoms with van der Waals surface area (Å²) in [5.41, 5.74) is 0.701. The van der Waals surface area contributed by atoms with Gasteiger partial charge in [-0.3, -0.25) is 4.79 Å². The molecule has 4 aliphatic rings. The summed E-state index contributed by atoms with van der Waals surface area (Å²) < 4.78 is 6.08. The summed E-state index contributed by atoms with van der Waals surface area (Å²) in [6, 6.07) is 11.1. The molecule has 0 radical (unpaired) electrons. The number of aromatic amines is 1. The number of carbonyl (C=O) groups excluding carboxylic acids is 1. The van der Waals surface area contributed by atoms with Gasteiger partial charge in [-0.15, -0.1) is 0 Å². The van der Waals surface area contributed by atoms with Crippen LogP contribution in [0.15, 0.2) is 42.6 Å². The van der Waals surface area contributed by atoms with Crippen molar-refractivity contribution >= 4 is 16.8 Å². The van der Waals surface area contributed by atoms with Gasteiger partial charge in [0.05, 0.1) is 11.1 Å². The van der Waals surface area contributed by atoms with E-state index in [1.165, 1.54) is 6.07 Å². The van der Waals surface area contributed by atoms with Crippen molar-refractivity contribution in [3.05, 3.63) is 59.3 Å². The lowest BCUT2D eigenvalue weighted by Crippen LogP contribution is -2.72. The summed E-state index contributed by atoms with van der Waals surface area (Å²) in [5.74, 6) is -0.142. The molecule has 2 bridgehead atoms. The Kier molecular flexibility index (Phi) is 4.57. The summed E-state index contributed by atoms with van der Waals surface area (Å²) in [5, 5.41) is 37.9. The summed E-state index contributed by atoms with van der Waals surface area (Å²) >= 11 is 0. The predicted octanol–water partition coefficient (Wildman–Crippen LogP) is 3.44. The maximum absolute atomic E-state index is 12.9. The largest absolute Gasteiger partial charge is 0.507 e. The molecule has 3 aliphatic carbocycles. The van der Waals surface area contributed by atoms with E-state index in [1.54, 1.807) is 6.07 Å². The van der Waals surface area contributed by atoms with Crippen molar-refractivity contribution in [1.29, 1.82) is 0 Å². The molecule has 1 aromatic heterocycles. The van der Waals surface area contributed by atoms with Crippen LogP contribution in [0.25, 0.3) is 10.9 Å². The Morgan fingerprint density at radius 2 is 2.00 bits per heavy atom. The lowest BCUT2D eigenvalue weighted by Gasteiger charge is -2.67. The van der Waals surface area contributed by atoms with E-state index in [1.807, 2.05) is 30.5 Å². The standard InChI is InChI=1S/C27H30N2O5/c1-26(2)15-11-20(26)27(33)21(12-15)34-19-8-7-17(23(30)22(19)24(27)31)25(32)28-10-9-14-13-29-18-6-4-3-5-16(14)18/h3-8,13,15,20-21,24,29-31,33H,9-12H2,1-2H3,(H,28,32)/t15-,20-,21-,24+,27-/m1/s1. The van der Waals surface area contributed by atoms with Crippen LogP contribution in [0.1, 0.15) is 54.3 Å². The van der Waals surface area contributed by atoms with E-state index in [2.05, 4.69) is 24.1 Å². The first-order chi connectivity index (χ1) is 16.2. The van der Waals surface area contributed by atoms with Crippen molar-refractivity contribution in [2.24, 2.45) is 17.3 Å². The Bertz CT molecular complexity index is 1300. The molecule has 178 valence electrons. The fourth-order valence-electron chi connectivity index (χ4n) is 6.65. The van der Waals surface area contributed by atoms with Crippen LogP contribution in [0.5, 0.6) is 11.5 Å². The number of phenols is 1. The molecule has 7 heteroatoms. The zero-order chi connectivity index (χ0) is 23.8. The molecule has 1 amide bonds. The van der Waals surface area contributed by atoms with Gasteiger partial charge in [-0.25, -0.2) is 0 Å². The number of hydrogen-bond donors (Lipinski definition) is 5. The molecule has 5 atom stereocenters. The number of benzene rings is 2. The van der Waals surface area contributed by atoms with E-state index in [9.17, 15) is 20.1 Å². The van der Waals surface area contributed by atoms with Gasteiger partial charge in [0.25, 0.3) is 5.91 Å². The van der Waals surface area contributed by atoms with Gasteiger partial charge in [0.15, 0.2) is 0 Å². The summed E-state index contributed by atoms with van der Waals surface area (Å²) in [6.07, 6.45) is 2.20. The van der Waals surface area contributed by atoms with Crippen molar-refractivity contribution in [3.8, 4) is 11.5 Å². The van der Waals surface area contributed by atoms with Crippen LogP contribution in [0.3, 0.4) is 0 Å². The second-order valence-electron chi connectivity index (χ2n) is 10.7. The van der Waals surface area contributed by atoms with Gasteiger partial charge < -0.3 is 30.4 Å². The van der Waals surface area contributed by atoms with E-state index in [0.717, 1.165) is 22.9 Å². The number of hydrogen-bond acceptors (Lipinski definition) is 5. The topological polar surface area (TPSA) is 115 Å². The highest BCUT2D eigenvalue weighted by Crippen LogP contribution is 2.67. The number of aromatic nitrogens is 1. The van der Waals surface area contributed by atoms with E-state index in [4.69, 9.17) is 4.74 Å². The van der Waals surface area contributed by atoms with Gasteiger partial charge in [0.1, 0.15) is 29.3 Å². The molecule has 5 N–H and O–H groups in total. The second kappa shape index (κ2) is 7.23. The Morgan fingerprint density at radius 1 is 1.21 bits per heavy atom. The molecule has 3 fully saturated rings. The Morgan fingerprint density at radius 3 is 2.79 bits per heavy atom. The fourth-order valence-corrected chi connectivity index (χ4v) is 6.65. The first-order valence-corrected chi connectivity index (χ1v) is 12.0. The molecule has 7 rings (SSSR count). The Hall–Kier alpha value is -3.03. The molecule has 0 saturated heterocycles. The summed E-state index contributed by atoms with van der Waals surface area (Å²) in [4.78, 5) is 16.2. The van der Waals surface area contributed by atoms with Crippen LogP contribution in [-0.4, -0.2) is 44.5 Å². The minimum Gasteiger partial charge on any atom is -0.507 e. The monoisotopic (exact) mass is 462 g/mol. The van der Waals surface area contributed by atoms with E-state index in [-0.39, 0.29) is 28.2 Å². The van der Waals surface area contributed by atoms with E-state index < -0.39 is 23.7 Å². The molecular weight excluding hydrogens is 432 g/mol. The first-order valence-electron chi connectivity index (χ1n) is 12.0. The van der Waals surface area contributed by atoms with Gasteiger partial charge in [-0.1, -0.05) is 32.0 Å². The van der Waals surface area contributed by atoms with Crippen molar-refractivity contribution in [1.82, 2.24) is 10.3 Å².